The third-order valence-electron chi connectivity index (χ3n) is 2.37. The van der Waals surface area contributed by atoms with E-state index in [-0.39, 0.29) is 0 Å². The normalized spacial score (nSPS) is 10.3. The molecule has 0 aliphatic rings. The molecule has 0 bridgehead atoms. The van der Waals surface area contributed by atoms with Crippen molar-refractivity contribution in [1.29, 1.82) is 0 Å². The van der Waals surface area contributed by atoms with Crippen LogP contribution in [0.4, 0.5) is 5.82 Å². The fraction of sp³-hybridized carbons (Fsp3) is 0.154. The van der Waals surface area contributed by atoms with E-state index in [0.29, 0.717) is 5.82 Å². The molecule has 15 heavy (non-hydrogen) atoms. The molecule has 0 fully saturated rings. The molecule has 1 aromatic carbocycles. The summed E-state index contributed by atoms with van der Waals surface area (Å²) < 4.78 is 0. The van der Waals surface area contributed by atoms with Gasteiger partial charge in [0.05, 0.1) is 0 Å². The molecule has 0 radical (unpaired) electrons. The van der Waals surface area contributed by atoms with Crippen LogP contribution in [0, 0.1) is 13.8 Å². The number of anilines is 1. The Labute approximate surface area is 89.8 Å². The Bertz CT molecular complexity index is 469. The second-order valence-electron chi connectivity index (χ2n) is 3.81. The molecule has 0 saturated carbocycles. The highest BCUT2D eigenvalue weighted by Crippen LogP contribution is 2.25. The number of benzene rings is 1. The van der Waals surface area contributed by atoms with Crippen molar-refractivity contribution in [3.05, 3.63) is 47.7 Å². The number of nitrogens with two attached hydrogens (primary N) is 1. The summed E-state index contributed by atoms with van der Waals surface area (Å²) in [6.45, 7) is 4.17. The quantitative estimate of drug-likeness (QED) is 0.765. The van der Waals surface area contributed by atoms with E-state index in [1.54, 1.807) is 6.20 Å². The monoisotopic (exact) mass is 198 g/mol. The van der Waals surface area contributed by atoms with E-state index in [4.69, 9.17) is 5.73 Å². The molecule has 2 rings (SSSR count). The van der Waals surface area contributed by atoms with Gasteiger partial charge in [0, 0.05) is 11.8 Å². The number of aromatic nitrogens is 1. The SMILES string of the molecule is Cc1cc(C)cc(-c2cccnc2N)c1. The number of rotatable bonds is 1. The molecule has 1 aromatic heterocycles. The summed E-state index contributed by atoms with van der Waals surface area (Å²) in [6, 6.07) is 10.3. The van der Waals surface area contributed by atoms with Crippen molar-refractivity contribution in [1.82, 2.24) is 4.98 Å². The average Bonchev–Trinajstić information content (AvgIpc) is 2.16. The molecule has 0 amide bonds. The van der Waals surface area contributed by atoms with Gasteiger partial charge in [0.25, 0.3) is 0 Å². The van der Waals surface area contributed by atoms with Gasteiger partial charge >= 0.3 is 0 Å². The number of nitrogen functional groups attached to an aromatic ring is 1. The highest BCUT2D eigenvalue weighted by atomic mass is 14.8. The molecule has 0 aliphatic carbocycles. The summed E-state index contributed by atoms with van der Waals surface area (Å²) in [7, 11) is 0. The first-order chi connectivity index (χ1) is 7.16. The molecule has 1 heterocycles. The third-order valence-corrected chi connectivity index (χ3v) is 2.37. The van der Waals surface area contributed by atoms with Crippen molar-refractivity contribution < 1.29 is 0 Å². The maximum Gasteiger partial charge on any atom is 0.131 e. The highest BCUT2D eigenvalue weighted by Gasteiger charge is 2.03. The van der Waals surface area contributed by atoms with E-state index in [0.717, 1.165) is 11.1 Å². The van der Waals surface area contributed by atoms with Gasteiger partial charge in [-0.3, -0.25) is 0 Å². The highest BCUT2D eigenvalue weighted by molar-refractivity contribution is 5.74. The molecule has 0 atom stereocenters. The van der Waals surface area contributed by atoms with Gasteiger partial charge in [-0.2, -0.15) is 0 Å². The smallest absolute Gasteiger partial charge is 0.131 e. The zero-order valence-electron chi connectivity index (χ0n) is 8.99. The summed E-state index contributed by atoms with van der Waals surface area (Å²) in [4.78, 5) is 4.09. The summed E-state index contributed by atoms with van der Waals surface area (Å²) in [5.41, 5.74) is 10.5. The summed E-state index contributed by atoms with van der Waals surface area (Å²) in [5.74, 6) is 0.586. The van der Waals surface area contributed by atoms with Gasteiger partial charge in [-0.15, -0.1) is 0 Å². The number of pyridine rings is 1. The third kappa shape index (κ3) is 1.99. The molecule has 2 heteroatoms. The lowest BCUT2D eigenvalue weighted by atomic mass is 10.0. The van der Waals surface area contributed by atoms with E-state index in [9.17, 15) is 0 Å². The second-order valence-corrected chi connectivity index (χ2v) is 3.81. The van der Waals surface area contributed by atoms with Gasteiger partial charge in [-0.05, 0) is 31.5 Å². The van der Waals surface area contributed by atoms with Crippen molar-refractivity contribution >= 4 is 5.82 Å². The van der Waals surface area contributed by atoms with Crippen molar-refractivity contribution in [2.75, 3.05) is 5.73 Å². The van der Waals surface area contributed by atoms with E-state index in [2.05, 4.69) is 37.0 Å². The van der Waals surface area contributed by atoms with Crippen molar-refractivity contribution in [2.24, 2.45) is 0 Å². The van der Waals surface area contributed by atoms with Gasteiger partial charge in [0.2, 0.25) is 0 Å². The zero-order valence-corrected chi connectivity index (χ0v) is 8.99. The van der Waals surface area contributed by atoms with Gasteiger partial charge in [0.15, 0.2) is 0 Å². The lowest BCUT2D eigenvalue weighted by Crippen LogP contribution is -1.93. The van der Waals surface area contributed by atoms with Crippen LogP contribution in [-0.4, -0.2) is 4.98 Å². The minimum Gasteiger partial charge on any atom is -0.383 e. The molecule has 0 unspecified atom stereocenters. The number of aryl methyl sites for hydroxylation is 2. The summed E-state index contributed by atoms with van der Waals surface area (Å²) >= 11 is 0. The standard InChI is InChI=1S/C13H14N2/c1-9-6-10(2)8-11(7-9)12-4-3-5-15-13(12)14/h3-8H,1-2H3,(H2,14,15). The lowest BCUT2D eigenvalue weighted by Gasteiger charge is -2.06. The lowest BCUT2D eigenvalue weighted by molar-refractivity contribution is 1.32. The molecule has 2 nitrogen and oxygen atoms in total. The number of hydrogen-bond donors (Lipinski definition) is 1. The molecular weight excluding hydrogens is 184 g/mol. The van der Waals surface area contributed by atoms with Crippen LogP contribution in [0.1, 0.15) is 11.1 Å². The maximum absolute atomic E-state index is 5.84. The molecule has 0 aliphatic heterocycles. The predicted octanol–water partition coefficient (Wildman–Crippen LogP) is 2.95. The fourth-order valence-corrected chi connectivity index (χ4v) is 1.79. The van der Waals surface area contributed by atoms with Crippen LogP contribution in [0.25, 0.3) is 11.1 Å². The fourth-order valence-electron chi connectivity index (χ4n) is 1.79. The Morgan fingerprint density at radius 2 is 1.73 bits per heavy atom. The van der Waals surface area contributed by atoms with Gasteiger partial charge < -0.3 is 5.73 Å². The topological polar surface area (TPSA) is 38.9 Å². The Morgan fingerprint density at radius 3 is 2.33 bits per heavy atom. The second kappa shape index (κ2) is 3.73. The van der Waals surface area contributed by atoms with Crippen LogP contribution >= 0.6 is 0 Å². The first kappa shape index (κ1) is 9.71. The van der Waals surface area contributed by atoms with Crippen LogP contribution in [0.3, 0.4) is 0 Å². The maximum atomic E-state index is 5.84. The number of nitrogens with zero attached hydrogens (tertiary/aromatic N) is 1. The average molecular weight is 198 g/mol. The van der Waals surface area contributed by atoms with Crippen LogP contribution < -0.4 is 5.73 Å². The van der Waals surface area contributed by atoms with Gasteiger partial charge in [0.1, 0.15) is 5.82 Å². The number of hydrogen-bond acceptors (Lipinski definition) is 2. The zero-order chi connectivity index (χ0) is 10.8. The van der Waals surface area contributed by atoms with Crippen molar-refractivity contribution in [3.8, 4) is 11.1 Å². The van der Waals surface area contributed by atoms with E-state index in [1.165, 1.54) is 11.1 Å². The first-order valence-electron chi connectivity index (χ1n) is 4.96. The largest absolute Gasteiger partial charge is 0.383 e. The van der Waals surface area contributed by atoms with Crippen LogP contribution in [0.5, 0.6) is 0 Å². The van der Waals surface area contributed by atoms with Gasteiger partial charge in [-0.1, -0.05) is 29.3 Å². The van der Waals surface area contributed by atoms with Crippen molar-refractivity contribution in [2.45, 2.75) is 13.8 Å². The van der Waals surface area contributed by atoms with Crippen molar-refractivity contribution in [3.63, 3.8) is 0 Å². The van der Waals surface area contributed by atoms with Crippen LogP contribution in [-0.2, 0) is 0 Å². The van der Waals surface area contributed by atoms with Crippen LogP contribution in [0.15, 0.2) is 36.5 Å². The predicted molar refractivity (Wildman–Crippen MR) is 63.6 cm³/mol. The Balaban J connectivity index is 2.59. The minimum atomic E-state index is 0.586. The minimum absolute atomic E-state index is 0.586. The summed E-state index contributed by atoms with van der Waals surface area (Å²) in [5, 5.41) is 0. The van der Waals surface area contributed by atoms with E-state index >= 15 is 0 Å². The molecular formula is C13H14N2. The molecule has 2 aromatic rings. The Hall–Kier alpha value is -1.83. The molecule has 0 saturated heterocycles. The van der Waals surface area contributed by atoms with E-state index < -0.39 is 0 Å². The first-order valence-corrected chi connectivity index (χ1v) is 4.96. The Kier molecular flexibility index (Phi) is 2.42. The van der Waals surface area contributed by atoms with Crippen LogP contribution in [0.2, 0.25) is 0 Å². The van der Waals surface area contributed by atoms with Gasteiger partial charge in [-0.25, -0.2) is 4.98 Å². The van der Waals surface area contributed by atoms with E-state index in [1.807, 2.05) is 12.1 Å². The molecule has 76 valence electrons. The molecule has 0 spiro atoms. The summed E-state index contributed by atoms with van der Waals surface area (Å²) in [6.07, 6.45) is 1.71. The Morgan fingerprint density at radius 1 is 1.07 bits per heavy atom. The molecule has 2 N–H and O–H groups in total.